The summed E-state index contributed by atoms with van der Waals surface area (Å²) < 4.78 is 5.70. The van der Waals surface area contributed by atoms with Crippen molar-refractivity contribution in [2.75, 3.05) is 44.0 Å². The monoisotopic (exact) mass is 481 g/mol. The highest BCUT2D eigenvalue weighted by Crippen LogP contribution is 2.43. The number of hydrogen-bond acceptors (Lipinski definition) is 8. The Balaban J connectivity index is 1.56. The minimum absolute atomic E-state index is 0.0433. The number of likely N-dealkylation sites (N-methyl/N-ethyl adjacent to an activating group) is 1. The van der Waals surface area contributed by atoms with Gasteiger partial charge in [-0.2, -0.15) is 4.98 Å². The van der Waals surface area contributed by atoms with Crippen molar-refractivity contribution in [1.29, 1.82) is 0 Å². The van der Waals surface area contributed by atoms with Crippen LogP contribution in [0, 0.1) is 5.92 Å². The van der Waals surface area contributed by atoms with Crippen LogP contribution in [0.25, 0.3) is 0 Å². The summed E-state index contributed by atoms with van der Waals surface area (Å²) >= 11 is 0. The molecule has 2 aliphatic rings. The van der Waals surface area contributed by atoms with Crippen molar-refractivity contribution in [2.24, 2.45) is 5.92 Å². The Labute approximate surface area is 206 Å². The molecule has 0 bridgehead atoms. The number of aromatic nitrogens is 3. The van der Waals surface area contributed by atoms with Crippen LogP contribution in [0.4, 0.5) is 17.6 Å². The number of carbonyl (C=O) groups excluding carboxylic acids is 2. The van der Waals surface area contributed by atoms with E-state index in [4.69, 9.17) is 9.72 Å². The van der Waals surface area contributed by atoms with Crippen LogP contribution in [0.5, 0.6) is 5.75 Å². The van der Waals surface area contributed by atoms with Gasteiger partial charge in [-0.15, -0.1) is 0 Å². The fraction of sp³-hybridized carbons (Fsp3) is 0.560. The second-order valence-corrected chi connectivity index (χ2v) is 9.59. The molecule has 10 nitrogen and oxygen atoms in total. The van der Waals surface area contributed by atoms with E-state index in [-0.39, 0.29) is 17.4 Å². The number of rotatable bonds is 12. The van der Waals surface area contributed by atoms with Crippen molar-refractivity contribution in [1.82, 2.24) is 25.2 Å². The zero-order valence-electron chi connectivity index (χ0n) is 20.8. The standard InChI is InChI=1S/C25H35N7O3/c1-4-25(9-5-10-25)32(17-33)22-19(14-18-8-11-26-23(18)34)15-28-24(30-22)29-21-7-6-20(16-27-21)35-13-12-31(2)3/h6-7,15-18H,4-5,8-14H2,1-3H3,(H,26,34)(H,27,28,29,30)/t18-/m0/s1. The lowest BCUT2D eigenvalue weighted by Crippen LogP contribution is -2.53. The number of nitrogens with one attached hydrogen (secondary N) is 2. The molecule has 2 amide bonds. The van der Waals surface area contributed by atoms with Crippen molar-refractivity contribution >= 4 is 29.9 Å². The zero-order chi connectivity index (χ0) is 24.8. The van der Waals surface area contributed by atoms with Crippen LogP contribution in [0.15, 0.2) is 24.5 Å². The Morgan fingerprint density at radius 3 is 2.66 bits per heavy atom. The third kappa shape index (κ3) is 5.70. The molecule has 2 N–H and O–H groups in total. The first kappa shape index (κ1) is 24.8. The largest absolute Gasteiger partial charge is 0.491 e. The normalized spacial score (nSPS) is 18.6. The Hall–Kier alpha value is -3.27. The maximum Gasteiger partial charge on any atom is 0.230 e. The van der Waals surface area contributed by atoms with Gasteiger partial charge < -0.3 is 20.3 Å². The molecule has 4 rings (SSSR count). The van der Waals surface area contributed by atoms with Gasteiger partial charge in [0, 0.05) is 36.3 Å². The molecular weight excluding hydrogens is 446 g/mol. The highest BCUT2D eigenvalue weighted by atomic mass is 16.5. The average molecular weight is 482 g/mol. The van der Waals surface area contributed by atoms with Gasteiger partial charge >= 0.3 is 0 Å². The van der Waals surface area contributed by atoms with Gasteiger partial charge in [-0.05, 0) is 64.8 Å². The summed E-state index contributed by atoms with van der Waals surface area (Å²) in [4.78, 5) is 42.0. The van der Waals surface area contributed by atoms with Gasteiger partial charge in [-0.1, -0.05) is 6.92 Å². The van der Waals surface area contributed by atoms with Crippen molar-refractivity contribution in [2.45, 2.75) is 51.0 Å². The van der Waals surface area contributed by atoms with Gasteiger partial charge in [0.15, 0.2) is 0 Å². The van der Waals surface area contributed by atoms with Crippen LogP contribution in [-0.4, -0.2) is 71.5 Å². The van der Waals surface area contributed by atoms with Crippen LogP contribution in [0.2, 0.25) is 0 Å². The Morgan fingerprint density at radius 1 is 1.26 bits per heavy atom. The van der Waals surface area contributed by atoms with Crippen LogP contribution in [-0.2, 0) is 16.0 Å². The molecule has 0 spiro atoms. The van der Waals surface area contributed by atoms with E-state index < -0.39 is 0 Å². The number of hydrogen-bond donors (Lipinski definition) is 2. The van der Waals surface area contributed by atoms with Gasteiger partial charge in [-0.3, -0.25) is 14.5 Å². The molecule has 1 saturated carbocycles. The van der Waals surface area contributed by atoms with Gasteiger partial charge in [0.05, 0.1) is 6.20 Å². The van der Waals surface area contributed by atoms with Crippen molar-refractivity contribution in [3.63, 3.8) is 0 Å². The maximum absolute atomic E-state index is 12.3. The highest BCUT2D eigenvalue weighted by Gasteiger charge is 2.43. The summed E-state index contributed by atoms with van der Waals surface area (Å²) in [5.74, 6) is 2.09. The van der Waals surface area contributed by atoms with E-state index in [9.17, 15) is 9.59 Å². The average Bonchev–Trinajstić information content (AvgIpc) is 3.22. The fourth-order valence-electron chi connectivity index (χ4n) is 4.65. The predicted octanol–water partition coefficient (Wildman–Crippen LogP) is 2.53. The first-order valence-corrected chi connectivity index (χ1v) is 12.3. The summed E-state index contributed by atoms with van der Waals surface area (Å²) in [5, 5.41) is 6.03. The number of carbonyl (C=O) groups is 2. The third-order valence-electron chi connectivity index (χ3n) is 7.04. The van der Waals surface area contributed by atoms with Gasteiger partial charge in [0.1, 0.15) is 24.0 Å². The molecule has 1 aliphatic carbocycles. The van der Waals surface area contributed by atoms with E-state index >= 15 is 0 Å². The summed E-state index contributed by atoms with van der Waals surface area (Å²) in [5.41, 5.74) is 0.575. The molecule has 10 heteroatoms. The van der Waals surface area contributed by atoms with E-state index in [1.165, 1.54) is 0 Å². The zero-order valence-corrected chi connectivity index (χ0v) is 20.8. The lowest BCUT2D eigenvalue weighted by Gasteiger charge is -2.48. The molecular formula is C25H35N7O3. The summed E-state index contributed by atoms with van der Waals surface area (Å²) in [6.45, 7) is 4.18. The summed E-state index contributed by atoms with van der Waals surface area (Å²) in [6.07, 6.45) is 9.35. The molecule has 35 heavy (non-hydrogen) atoms. The predicted molar refractivity (Wildman–Crippen MR) is 134 cm³/mol. The second kappa shape index (κ2) is 11.0. The SMILES string of the molecule is CCC1(N(C=O)c2nc(Nc3ccc(OCCN(C)C)cn3)ncc2C[C@@H]2CCNC2=O)CCC1. The number of pyridine rings is 1. The molecule has 1 atom stereocenters. The highest BCUT2D eigenvalue weighted by molar-refractivity contribution is 5.82. The quantitative estimate of drug-likeness (QED) is 0.445. The maximum atomic E-state index is 12.3. The molecule has 2 aromatic heterocycles. The second-order valence-electron chi connectivity index (χ2n) is 9.59. The van der Waals surface area contributed by atoms with E-state index in [2.05, 4.69) is 32.4 Å². The van der Waals surface area contributed by atoms with E-state index in [0.29, 0.717) is 42.9 Å². The molecule has 0 radical (unpaired) electrons. The minimum Gasteiger partial charge on any atom is -0.491 e. The van der Waals surface area contributed by atoms with Crippen molar-refractivity contribution in [3.05, 3.63) is 30.1 Å². The molecule has 1 saturated heterocycles. The molecule has 0 unspecified atom stereocenters. The Morgan fingerprint density at radius 2 is 2.09 bits per heavy atom. The number of nitrogens with zero attached hydrogens (tertiary/aromatic N) is 5. The summed E-state index contributed by atoms with van der Waals surface area (Å²) in [6, 6.07) is 3.65. The smallest absolute Gasteiger partial charge is 0.230 e. The number of ether oxygens (including phenoxy) is 1. The van der Waals surface area contributed by atoms with Crippen molar-refractivity contribution in [3.8, 4) is 5.75 Å². The molecule has 2 fully saturated rings. The number of amides is 2. The molecule has 188 valence electrons. The van der Waals surface area contributed by atoms with Gasteiger partial charge in [0.2, 0.25) is 18.3 Å². The topological polar surface area (TPSA) is 113 Å². The number of anilines is 3. The van der Waals surface area contributed by atoms with E-state index in [1.807, 2.05) is 26.2 Å². The minimum atomic E-state index is -0.232. The van der Waals surface area contributed by atoms with Crippen LogP contribution < -0.4 is 20.3 Å². The molecule has 2 aromatic rings. The van der Waals surface area contributed by atoms with E-state index in [0.717, 1.165) is 50.6 Å². The Kier molecular flexibility index (Phi) is 7.80. The fourth-order valence-corrected chi connectivity index (χ4v) is 4.65. The van der Waals surface area contributed by atoms with Crippen LogP contribution in [0.3, 0.4) is 0 Å². The van der Waals surface area contributed by atoms with Crippen molar-refractivity contribution < 1.29 is 14.3 Å². The molecule has 0 aromatic carbocycles. The van der Waals surface area contributed by atoms with Crippen LogP contribution in [0.1, 0.15) is 44.6 Å². The lowest BCUT2D eigenvalue weighted by atomic mass is 9.73. The first-order chi connectivity index (χ1) is 16.9. The lowest BCUT2D eigenvalue weighted by molar-refractivity contribution is -0.122. The summed E-state index contributed by atoms with van der Waals surface area (Å²) in [7, 11) is 3.99. The van der Waals surface area contributed by atoms with E-state index in [1.54, 1.807) is 17.3 Å². The third-order valence-corrected chi connectivity index (χ3v) is 7.04. The molecule has 1 aliphatic heterocycles. The molecule has 3 heterocycles. The van der Waals surface area contributed by atoms with Gasteiger partial charge in [0.25, 0.3) is 0 Å². The van der Waals surface area contributed by atoms with Crippen LogP contribution >= 0.6 is 0 Å². The Bertz CT molecular complexity index is 1020. The first-order valence-electron chi connectivity index (χ1n) is 12.3. The van der Waals surface area contributed by atoms with Gasteiger partial charge in [-0.25, -0.2) is 9.97 Å².